The molecule has 0 saturated heterocycles. The topological polar surface area (TPSA) is 46.2 Å². The average molecular weight is 275 g/mol. The van der Waals surface area contributed by atoms with Crippen LogP contribution in [0.5, 0.6) is 0 Å². The van der Waals surface area contributed by atoms with E-state index >= 15 is 0 Å². The Bertz CT molecular complexity index is 644. The second kappa shape index (κ2) is 5.45. The molecule has 2 aromatic rings. The van der Waals surface area contributed by atoms with E-state index in [1.807, 2.05) is 0 Å². The molecule has 0 unspecified atom stereocenters. The molecule has 19 heavy (non-hydrogen) atoms. The zero-order valence-electron chi connectivity index (χ0n) is 11.1. The van der Waals surface area contributed by atoms with Gasteiger partial charge >= 0.3 is 0 Å². The third-order valence-corrected chi connectivity index (χ3v) is 4.03. The quantitative estimate of drug-likeness (QED) is 0.933. The molecule has 1 N–H and O–H groups in total. The van der Waals surface area contributed by atoms with E-state index in [1.165, 1.54) is 17.4 Å². The van der Waals surface area contributed by atoms with Crippen LogP contribution in [0.2, 0.25) is 0 Å². The molecule has 0 amide bonds. The van der Waals surface area contributed by atoms with E-state index < -0.39 is 9.84 Å². The average Bonchev–Trinajstić information content (AvgIpc) is 2.37. The van der Waals surface area contributed by atoms with Crippen molar-refractivity contribution in [1.82, 2.24) is 0 Å². The predicted octanol–water partition coefficient (Wildman–Crippen LogP) is 3.01. The summed E-state index contributed by atoms with van der Waals surface area (Å²) in [6, 6.07) is 15.1. The Morgan fingerprint density at radius 2 is 1.53 bits per heavy atom. The molecule has 0 aliphatic heterocycles. The van der Waals surface area contributed by atoms with Gasteiger partial charge in [0.2, 0.25) is 0 Å². The zero-order chi connectivity index (χ0) is 13.9. The third-order valence-electron chi connectivity index (χ3n) is 2.90. The highest BCUT2D eigenvalue weighted by molar-refractivity contribution is 7.90. The van der Waals surface area contributed by atoms with Crippen molar-refractivity contribution in [2.45, 2.75) is 18.4 Å². The molecular formula is C15H17NO2S. The molecule has 2 rings (SSSR count). The van der Waals surface area contributed by atoms with Gasteiger partial charge in [0.25, 0.3) is 0 Å². The Morgan fingerprint density at radius 1 is 0.947 bits per heavy atom. The minimum absolute atomic E-state index is 0.341. The maximum absolute atomic E-state index is 11.3. The van der Waals surface area contributed by atoms with E-state index in [1.54, 1.807) is 24.3 Å². The van der Waals surface area contributed by atoms with Crippen LogP contribution in [0.1, 0.15) is 11.1 Å². The summed E-state index contributed by atoms with van der Waals surface area (Å²) in [5, 5.41) is 3.26. The van der Waals surface area contributed by atoms with Crippen LogP contribution in [0, 0.1) is 6.92 Å². The van der Waals surface area contributed by atoms with Crippen molar-refractivity contribution < 1.29 is 8.42 Å². The first kappa shape index (κ1) is 13.6. The summed E-state index contributed by atoms with van der Waals surface area (Å²) in [6.07, 6.45) is 1.21. The maximum Gasteiger partial charge on any atom is 0.175 e. The first-order chi connectivity index (χ1) is 8.95. The molecule has 0 aliphatic rings. The Kier molecular flexibility index (Phi) is 3.90. The van der Waals surface area contributed by atoms with E-state index in [-0.39, 0.29) is 0 Å². The predicted molar refractivity (Wildman–Crippen MR) is 78.1 cm³/mol. The summed E-state index contributed by atoms with van der Waals surface area (Å²) in [5.41, 5.74) is 3.34. The Labute approximate surface area is 114 Å². The van der Waals surface area contributed by atoms with Crippen LogP contribution in [-0.2, 0) is 16.4 Å². The third kappa shape index (κ3) is 3.83. The molecule has 0 heterocycles. The molecule has 0 bridgehead atoms. The number of aryl methyl sites for hydroxylation is 1. The molecule has 0 aromatic heterocycles. The fourth-order valence-corrected chi connectivity index (χ4v) is 2.36. The molecule has 0 aliphatic carbocycles. The molecule has 0 atom stereocenters. The number of anilines is 1. The van der Waals surface area contributed by atoms with Gasteiger partial charge in [-0.15, -0.1) is 0 Å². The fourth-order valence-electron chi connectivity index (χ4n) is 1.73. The van der Waals surface area contributed by atoms with Crippen LogP contribution in [0.25, 0.3) is 0 Å². The Balaban J connectivity index is 2.02. The molecular weight excluding hydrogens is 258 g/mol. The van der Waals surface area contributed by atoms with Crippen molar-refractivity contribution in [2.24, 2.45) is 0 Å². The van der Waals surface area contributed by atoms with Gasteiger partial charge in [0, 0.05) is 18.5 Å². The van der Waals surface area contributed by atoms with Crippen molar-refractivity contribution in [1.29, 1.82) is 0 Å². The van der Waals surface area contributed by atoms with Crippen molar-refractivity contribution in [3.05, 3.63) is 59.7 Å². The van der Waals surface area contributed by atoms with Crippen LogP contribution in [-0.4, -0.2) is 14.7 Å². The number of hydrogen-bond donors (Lipinski definition) is 1. The van der Waals surface area contributed by atoms with Crippen LogP contribution in [0.15, 0.2) is 53.4 Å². The molecule has 0 saturated carbocycles. The van der Waals surface area contributed by atoms with Gasteiger partial charge in [-0.2, -0.15) is 0 Å². The lowest BCUT2D eigenvalue weighted by Gasteiger charge is -2.07. The minimum atomic E-state index is -3.12. The van der Waals surface area contributed by atoms with E-state index in [4.69, 9.17) is 0 Å². The zero-order valence-corrected chi connectivity index (χ0v) is 11.9. The van der Waals surface area contributed by atoms with Crippen LogP contribution < -0.4 is 5.32 Å². The minimum Gasteiger partial charge on any atom is -0.381 e. The van der Waals surface area contributed by atoms with Gasteiger partial charge in [-0.05, 0) is 36.8 Å². The molecule has 0 fully saturated rings. The normalized spacial score (nSPS) is 11.3. The van der Waals surface area contributed by atoms with E-state index in [0.29, 0.717) is 4.90 Å². The SMILES string of the molecule is Cc1ccc(CNc2ccc(S(C)(=O)=O)cc2)cc1. The molecule has 0 spiro atoms. The second-order valence-electron chi connectivity index (χ2n) is 4.64. The Hall–Kier alpha value is -1.81. The van der Waals surface area contributed by atoms with Crippen molar-refractivity contribution in [3.8, 4) is 0 Å². The first-order valence-corrected chi connectivity index (χ1v) is 7.94. The maximum atomic E-state index is 11.3. The number of nitrogens with one attached hydrogen (secondary N) is 1. The van der Waals surface area contributed by atoms with E-state index in [0.717, 1.165) is 12.2 Å². The first-order valence-electron chi connectivity index (χ1n) is 6.05. The number of hydrogen-bond acceptors (Lipinski definition) is 3. The highest BCUT2D eigenvalue weighted by Crippen LogP contribution is 2.15. The van der Waals surface area contributed by atoms with Crippen molar-refractivity contribution in [2.75, 3.05) is 11.6 Å². The molecule has 4 heteroatoms. The monoisotopic (exact) mass is 275 g/mol. The number of rotatable bonds is 4. The summed E-state index contributed by atoms with van der Waals surface area (Å²) in [4.78, 5) is 0.341. The van der Waals surface area contributed by atoms with Gasteiger partial charge < -0.3 is 5.32 Å². The van der Waals surface area contributed by atoms with Gasteiger partial charge in [0.15, 0.2) is 9.84 Å². The largest absolute Gasteiger partial charge is 0.381 e. The Morgan fingerprint density at radius 3 is 2.05 bits per heavy atom. The summed E-state index contributed by atoms with van der Waals surface area (Å²) >= 11 is 0. The fraction of sp³-hybridized carbons (Fsp3) is 0.200. The van der Waals surface area contributed by atoms with Crippen molar-refractivity contribution >= 4 is 15.5 Å². The van der Waals surface area contributed by atoms with Crippen LogP contribution in [0.3, 0.4) is 0 Å². The molecule has 0 radical (unpaired) electrons. The summed E-state index contributed by atoms with van der Waals surface area (Å²) in [5.74, 6) is 0. The van der Waals surface area contributed by atoms with Crippen LogP contribution >= 0.6 is 0 Å². The standard InChI is InChI=1S/C15H17NO2S/c1-12-3-5-13(6-4-12)11-16-14-7-9-15(10-8-14)19(2,17)18/h3-10,16H,11H2,1-2H3. The lowest BCUT2D eigenvalue weighted by atomic mass is 10.1. The molecule has 3 nitrogen and oxygen atoms in total. The summed E-state index contributed by atoms with van der Waals surface area (Å²) in [6.45, 7) is 2.78. The summed E-state index contributed by atoms with van der Waals surface area (Å²) < 4.78 is 22.7. The number of benzene rings is 2. The molecule has 100 valence electrons. The van der Waals surface area contributed by atoms with Gasteiger partial charge in [0.05, 0.1) is 4.90 Å². The summed E-state index contributed by atoms with van der Waals surface area (Å²) in [7, 11) is -3.12. The van der Waals surface area contributed by atoms with E-state index in [2.05, 4.69) is 36.5 Å². The molecule has 2 aromatic carbocycles. The van der Waals surface area contributed by atoms with Crippen molar-refractivity contribution in [3.63, 3.8) is 0 Å². The van der Waals surface area contributed by atoms with Gasteiger partial charge in [-0.3, -0.25) is 0 Å². The smallest absolute Gasteiger partial charge is 0.175 e. The number of sulfone groups is 1. The van der Waals surface area contributed by atoms with Gasteiger partial charge in [-0.25, -0.2) is 8.42 Å². The lowest BCUT2D eigenvalue weighted by Crippen LogP contribution is -2.01. The van der Waals surface area contributed by atoms with Gasteiger partial charge in [-0.1, -0.05) is 29.8 Å². The highest BCUT2D eigenvalue weighted by atomic mass is 32.2. The highest BCUT2D eigenvalue weighted by Gasteiger charge is 2.05. The van der Waals surface area contributed by atoms with Crippen LogP contribution in [0.4, 0.5) is 5.69 Å². The van der Waals surface area contributed by atoms with E-state index in [9.17, 15) is 8.42 Å². The second-order valence-corrected chi connectivity index (χ2v) is 6.65. The van der Waals surface area contributed by atoms with Gasteiger partial charge in [0.1, 0.15) is 0 Å². The lowest BCUT2D eigenvalue weighted by molar-refractivity contribution is 0.602.